The summed E-state index contributed by atoms with van der Waals surface area (Å²) in [7, 11) is 6.42. The first-order valence-corrected chi connectivity index (χ1v) is 47.1. The molecule has 4 heterocycles. The van der Waals surface area contributed by atoms with Gasteiger partial charge in [0.1, 0.15) is 48.2 Å². The highest BCUT2D eigenvalue weighted by atomic mass is 33.1. The maximum atomic E-state index is 14.2. The third-order valence-electron chi connectivity index (χ3n) is 22.7. The smallest absolute Gasteiger partial charge is 0.407 e. The van der Waals surface area contributed by atoms with Gasteiger partial charge in [0.2, 0.25) is 23.6 Å². The van der Waals surface area contributed by atoms with Gasteiger partial charge in [0.25, 0.3) is 0 Å². The summed E-state index contributed by atoms with van der Waals surface area (Å²) in [6.07, 6.45) is 3.22. The average Bonchev–Trinajstić information content (AvgIpc) is 1.43. The number of ketones is 2. The van der Waals surface area contributed by atoms with Gasteiger partial charge in [0.05, 0.1) is 96.5 Å². The molecule has 4 fully saturated rings. The first kappa shape index (κ1) is 109. The summed E-state index contributed by atoms with van der Waals surface area (Å²) in [6, 6.07) is -0.0223. The predicted molar refractivity (Wildman–Crippen MR) is 454 cm³/mol. The molecule has 4 aliphatic heterocycles. The van der Waals surface area contributed by atoms with Crippen LogP contribution in [0.2, 0.25) is 0 Å². The standard InChI is InChI=1S/C84H151N7O29S2/c1-58-72(101)75(104)65(54-92)118-78(58)112-43-20-29-68(97)85-37-14-6-9-17-40-88-81(107)115-46-24-34-84(52-63(96)33-50-122-121-49-23-28-62(95)27-12-13-32-71(100)91-53-64(111-5)51-61(91)57-110-4,35-25-47-116-82(108)89-41-18-10-7-15-38-86-69(98)30-21-44-113-79-59(2)73(102)76(105)66(55-93)119-79)36-26-48-117-83(109)90-42-19-11-8-16-39-87-70(99)31-22-45-114-80-60(3)74(103)77(106)67(56-94)120-80/h58-61,64-67,72-80,92-94,101-106H,6-57H2,1-5H3,(H,85,97)(H,86,98)(H,87,99)(H,88,107)(H,89,108)(H,90,109)/t58?,59?,60?,61-,64+,65?,66?,67?,72?,73?,74?,75?,76?,77?,78?,79?,80?,84?/m1/s1. The summed E-state index contributed by atoms with van der Waals surface area (Å²) in [5.41, 5.74) is -0.686. The molecule has 38 heteroatoms. The molecular weight excluding hydrogens is 1640 g/mol. The second-order valence-corrected chi connectivity index (χ2v) is 35.3. The van der Waals surface area contributed by atoms with Crippen molar-refractivity contribution in [2.45, 2.75) is 319 Å². The van der Waals surface area contributed by atoms with Crippen LogP contribution in [0.25, 0.3) is 0 Å². The number of nitrogens with one attached hydrogen (secondary N) is 6. The molecule has 0 bridgehead atoms. The number of methoxy groups -OCH3 is 2. The normalized spacial score (nSPS) is 25.1. The van der Waals surface area contributed by atoms with Crippen LogP contribution in [0.1, 0.15) is 233 Å². The largest absolute Gasteiger partial charge is 0.450 e. The zero-order valence-electron chi connectivity index (χ0n) is 73.0. The molecule has 4 saturated heterocycles. The number of Topliss-reactive ketones (excluding diaryl/α,β-unsaturated/α-hetero) is 2. The lowest BCUT2D eigenvalue weighted by atomic mass is 9.71. The summed E-state index contributed by atoms with van der Waals surface area (Å²) in [5, 5.41) is 107. The third-order valence-corrected chi connectivity index (χ3v) is 25.2. The molecule has 0 aromatic carbocycles. The van der Waals surface area contributed by atoms with Crippen LogP contribution >= 0.6 is 21.6 Å². The van der Waals surface area contributed by atoms with E-state index in [0.717, 1.165) is 64.2 Å². The molecule has 36 nitrogen and oxygen atoms in total. The van der Waals surface area contributed by atoms with Crippen LogP contribution < -0.4 is 31.9 Å². The topological polar surface area (TPSA) is 513 Å². The molecule has 15 unspecified atom stereocenters. The number of aliphatic hydroxyl groups excluding tert-OH is 9. The van der Waals surface area contributed by atoms with Gasteiger partial charge in [-0.1, -0.05) is 80.9 Å². The molecule has 0 aliphatic carbocycles. The number of amides is 7. The van der Waals surface area contributed by atoms with Crippen molar-refractivity contribution in [2.75, 3.05) is 138 Å². The summed E-state index contributed by atoms with van der Waals surface area (Å²) in [6.45, 7) is 7.74. The van der Waals surface area contributed by atoms with E-state index in [1.807, 2.05) is 4.90 Å². The van der Waals surface area contributed by atoms with E-state index in [2.05, 4.69) is 31.9 Å². The molecule has 0 aromatic rings. The predicted octanol–water partition coefficient (Wildman–Crippen LogP) is 5.04. The lowest BCUT2D eigenvalue weighted by Gasteiger charge is -2.40. The maximum Gasteiger partial charge on any atom is 0.407 e. The minimum Gasteiger partial charge on any atom is -0.450 e. The number of ether oxygens (including phenoxy) is 11. The fourth-order valence-electron chi connectivity index (χ4n) is 15.2. The molecule has 4 rings (SSSR count). The van der Waals surface area contributed by atoms with Crippen molar-refractivity contribution in [3.05, 3.63) is 0 Å². The van der Waals surface area contributed by atoms with E-state index in [1.54, 1.807) is 56.6 Å². The minimum absolute atomic E-state index is 0.00863. The molecular formula is C84H151N7O29S2. The van der Waals surface area contributed by atoms with Crippen LogP contribution in [0.3, 0.4) is 0 Å². The molecule has 0 spiro atoms. The molecule has 15 N–H and O–H groups in total. The highest BCUT2D eigenvalue weighted by molar-refractivity contribution is 8.76. The van der Waals surface area contributed by atoms with Crippen LogP contribution in [-0.4, -0.2) is 328 Å². The highest BCUT2D eigenvalue weighted by Gasteiger charge is 2.45. The van der Waals surface area contributed by atoms with Gasteiger partial charge in [0.15, 0.2) is 18.9 Å². The van der Waals surface area contributed by atoms with Gasteiger partial charge < -0.3 is 135 Å². The minimum atomic E-state index is -1.23. The van der Waals surface area contributed by atoms with Gasteiger partial charge >= 0.3 is 18.3 Å². The Bertz CT molecular complexity index is 2670. The van der Waals surface area contributed by atoms with E-state index < -0.39 is 135 Å². The van der Waals surface area contributed by atoms with Gasteiger partial charge in [-0.25, -0.2) is 14.4 Å². The second kappa shape index (κ2) is 65.6. The molecule has 0 saturated carbocycles. The number of likely N-dealkylation sites (tertiary alicyclic amines) is 1. The van der Waals surface area contributed by atoms with Gasteiger partial charge in [-0.05, 0) is 127 Å². The Morgan fingerprint density at radius 1 is 0.393 bits per heavy atom. The Kier molecular flexibility index (Phi) is 58.8. The fraction of sp³-hybridized carbons (Fsp3) is 0.893. The van der Waals surface area contributed by atoms with Crippen LogP contribution in [0.4, 0.5) is 14.4 Å². The number of rotatable bonds is 69. The second-order valence-electron chi connectivity index (χ2n) is 32.6. The van der Waals surface area contributed by atoms with Crippen molar-refractivity contribution in [1.82, 2.24) is 36.8 Å². The van der Waals surface area contributed by atoms with Crippen molar-refractivity contribution in [3.8, 4) is 0 Å². The molecule has 708 valence electrons. The number of nitrogens with zero attached hydrogens (tertiary/aromatic N) is 1. The van der Waals surface area contributed by atoms with Crippen LogP contribution in [0.5, 0.6) is 0 Å². The summed E-state index contributed by atoms with van der Waals surface area (Å²) in [4.78, 5) is 119. The Morgan fingerprint density at radius 3 is 1.11 bits per heavy atom. The van der Waals surface area contributed by atoms with Crippen molar-refractivity contribution >= 4 is 75.1 Å². The maximum absolute atomic E-state index is 14.2. The lowest BCUT2D eigenvalue weighted by Crippen LogP contribution is -2.55. The monoisotopic (exact) mass is 1790 g/mol. The molecule has 17 atom stereocenters. The first-order chi connectivity index (χ1) is 58.8. The van der Waals surface area contributed by atoms with Crippen molar-refractivity contribution in [1.29, 1.82) is 0 Å². The van der Waals surface area contributed by atoms with Crippen LogP contribution in [0, 0.1) is 23.2 Å². The number of carbonyl (C=O) groups is 9. The van der Waals surface area contributed by atoms with Gasteiger partial charge in [-0.15, -0.1) is 0 Å². The lowest BCUT2D eigenvalue weighted by molar-refractivity contribution is -0.282. The van der Waals surface area contributed by atoms with E-state index in [1.165, 1.54) is 0 Å². The zero-order valence-corrected chi connectivity index (χ0v) is 74.7. The number of hydrogen-bond acceptors (Lipinski definition) is 31. The summed E-state index contributed by atoms with van der Waals surface area (Å²) >= 11 is 0. The number of unbranched alkanes of at least 4 members (excludes halogenated alkanes) is 10. The number of alkyl carbamates (subject to hydrolysis) is 3. The molecule has 0 aromatic heterocycles. The summed E-state index contributed by atoms with van der Waals surface area (Å²) in [5.74, 6) is -0.601. The fourth-order valence-corrected chi connectivity index (χ4v) is 17.3. The highest BCUT2D eigenvalue weighted by Crippen LogP contribution is 2.41. The first-order valence-electron chi connectivity index (χ1n) is 44.6. The molecule has 7 amide bonds. The van der Waals surface area contributed by atoms with Gasteiger partial charge in [-0.2, -0.15) is 0 Å². The SMILES string of the molecule is COC[C@H]1C[C@H](OC)CN1C(=O)CCCCC(=O)CCCSSCCC(=O)CC(CCCOC(=O)NCCCCCCNC(=O)CCCOC1OC(CO)C(O)C(O)C1C)(CCCOC(=O)NCCCCCCNC(=O)CCCOC1OC(CO)C(O)C(O)C1C)CCCOC(=O)NCCCCCCNC(=O)CCCOC1OC(CO)C(O)C(O)C1C. The number of aliphatic hydroxyl groups is 9. The van der Waals surface area contributed by atoms with Crippen LogP contribution in [0.15, 0.2) is 0 Å². The van der Waals surface area contributed by atoms with Crippen molar-refractivity contribution < 1.29 is 141 Å². The molecule has 0 radical (unpaired) electrons. The number of hydrogen-bond donors (Lipinski definition) is 15. The van der Waals surface area contributed by atoms with E-state index in [9.17, 15) is 89.1 Å². The van der Waals surface area contributed by atoms with Gasteiger partial charge in [-0.3, -0.25) is 28.8 Å². The Balaban J connectivity index is 1.25. The summed E-state index contributed by atoms with van der Waals surface area (Å²) < 4.78 is 61.7. The average molecular weight is 1790 g/mol. The van der Waals surface area contributed by atoms with E-state index in [0.29, 0.717) is 180 Å². The van der Waals surface area contributed by atoms with Crippen molar-refractivity contribution in [3.63, 3.8) is 0 Å². The molecule has 122 heavy (non-hydrogen) atoms. The Hall–Kier alpha value is -4.95. The quantitative estimate of drug-likeness (QED) is 0.0215. The van der Waals surface area contributed by atoms with Crippen LogP contribution in [-0.2, 0) is 80.9 Å². The van der Waals surface area contributed by atoms with Gasteiger partial charge in [0, 0.05) is 141 Å². The van der Waals surface area contributed by atoms with E-state index >= 15 is 0 Å². The van der Waals surface area contributed by atoms with E-state index in [-0.39, 0.29) is 119 Å². The Labute approximate surface area is 729 Å². The van der Waals surface area contributed by atoms with Crippen molar-refractivity contribution in [2.24, 2.45) is 23.2 Å². The van der Waals surface area contributed by atoms with E-state index in [4.69, 9.17) is 52.1 Å². The third kappa shape index (κ3) is 45.2. The molecule has 4 aliphatic rings. The zero-order chi connectivity index (χ0) is 89.3. The number of carbonyl (C=O) groups excluding carboxylic acids is 9. The Morgan fingerprint density at radius 2 is 0.746 bits per heavy atom.